The van der Waals surface area contributed by atoms with E-state index in [1.807, 2.05) is 6.07 Å². The molecule has 1 rings (SSSR count). The Balaban J connectivity index is 2.99. The number of methoxy groups -OCH3 is 1. The fourth-order valence-corrected chi connectivity index (χ4v) is 2.33. The maximum atomic E-state index is 6.15. The fourth-order valence-electron chi connectivity index (χ4n) is 2.14. The van der Waals surface area contributed by atoms with Crippen LogP contribution in [0, 0.1) is 0 Å². The second-order valence-electron chi connectivity index (χ2n) is 5.59. The zero-order valence-electron chi connectivity index (χ0n) is 13.2. The molecule has 0 fully saturated rings. The average Bonchev–Trinajstić information content (AvgIpc) is 2.38. The lowest BCUT2D eigenvalue weighted by molar-refractivity contribution is 0.204. The van der Waals surface area contributed by atoms with Gasteiger partial charge in [-0.05, 0) is 37.6 Å². The van der Waals surface area contributed by atoms with Gasteiger partial charge in [-0.15, -0.1) is 0 Å². The van der Waals surface area contributed by atoms with Crippen LogP contribution in [0.15, 0.2) is 18.2 Å². The van der Waals surface area contributed by atoms with Crippen LogP contribution in [-0.4, -0.2) is 32.3 Å². The van der Waals surface area contributed by atoms with Gasteiger partial charge in [0.1, 0.15) is 0 Å². The number of halogens is 1. The highest BCUT2D eigenvalue weighted by Crippen LogP contribution is 2.26. The lowest BCUT2D eigenvalue weighted by Gasteiger charge is -2.31. The van der Waals surface area contributed by atoms with Gasteiger partial charge in [0.25, 0.3) is 0 Å². The van der Waals surface area contributed by atoms with Crippen LogP contribution < -0.4 is 10.2 Å². The summed E-state index contributed by atoms with van der Waals surface area (Å²) < 4.78 is 5.22. The summed E-state index contributed by atoms with van der Waals surface area (Å²) in [6.07, 6.45) is 0. The summed E-state index contributed by atoms with van der Waals surface area (Å²) in [5.74, 6) is 0. The molecular weight excluding hydrogens is 272 g/mol. The van der Waals surface area contributed by atoms with Gasteiger partial charge in [-0.1, -0.05) is 25.4 Å². The number of nitrogens with zero attached hydrogens (tertiary/aromatic N) is 1. The summed E-state index contributed by atoms with van der Waals surface area (Å²) in [6.45, 7) is 11.1. The lowest BCUT2D eigenvalue weighted by atomic mass is 10.1. The molecule has 0 unspecified atom stereocenters. The van der Waals surface area contributed by atoms with Crippen LogP contribution in [0.5, 0.6) is 0 Å². The average molecular weight is 299 g/mol. The highest BCUT2D eigenvalue weighted by molar-refractivity contribution is 6.30. The zero-order valence-corrected chi connectivity index (χ0v) is 14.0. The van der Waals surface area contributed by atoms with Crippen molar-refractivity contribution in [3.05, 3.63) is 28.8 Å². The molecule has 0 saturated carbocycles. The van der Waals surface area contributed by atoms with Gasteiger partial charge in [-0.3, -0.25) is 0 Å². The van der Waals surface area contributed by atoms with Gasteiger partial charge in [0.05, 0.1) is 6.61 Å². The quantitative estimate of drug-likeness (QED) is 0.792. The summed E-state index contributed by atoms with van der Waals surface area (Å²) >= 11 is 6.15. The Hall–Kier alpha value is -0.770. The Labute approximate surface area is 128 Å². The lowest BCUT2D eigenvalue weighted by Crippen LogP contribution is -2.35. The molecule has 0 aliphatic heterocycles. The first-order valence-electron chi connectivity index (χ1n) is 7.23. The van der Waals surface area contributed by atoms with E-state index < -0.39 is 0 Å². The van der Waals surface area contributed by atoms with Crippen molar-refractivity contribution in [1.29, 1.82) is 0 Å². The first kappa shape index (κ1) is 17.3. The van der Waals surface area contributed by atoms with Gasteiger partial charge >= 0.3 is 0 Å². The van der Waals surface area contributed by atoms with E-state index in [4.69, 9.17) is 16.3 Å². The standard InChI is InChI=1S/C16H27ClN2O/c1-12(2)18-11-14-10-15(17)6-7-16(14)19(13(3)4)8-9-20-5/h6-7,10,12-13,18H,8-9,11H2,1-5H3. The number of hydrogen-bond acceptors (Lipinski definition) is 3. The minimum absolute atomic E-state index is 0.420. The largest absolute Gasteiger partial charge is 0.383 e. The topological polar surface area (TPSA) is 24.5 Å². The van der Waals surface area contributed by atoms with E-state index in [9.17, 15) is 0 Å². The number of benzene rings is 1. The molecule has 0 bridgehead atoms. The maximum Gasteiger partial charge on any atom is 0.0637 e. The summed E-state index contributed by atoms with van der Waals surface area (Å²) in [4.78, 5) is 2.36. The summed E-state index contributed by atoms with van der Waals surface area (Å²) in [5.41, 5.74) is 2.46. The first-order chi connectivity index (χ1) is 9.45. The molecule has 0 amide bonds. The highest BCUT2D eigenvalue weighted by atomic mass is 35.5. The van der Waals surface area contributed by atoms with E-state index >= 15 is 0 Å². The fraction of sp³-hybridized carbons (Fsp3) is 0.625. The third-order valence-electron chi connectivity index (χ3n) is 3.21. The molecule has 1 N–H and O–H groups in total. The van der Waals surface area contributed by atoms with Gasteiger partial charge in [0.2, 0.25) is 0 Å². The molecule has 0 heterocycles. The van der Waals surface area contributed by atoms with Gasteiger partial charge in [0, 0.05) is 43.0 Å². The number of ether oxygens (including phenoxy) is 1. The third kappa shape index (κ3) is 5.31. The maximum absolute atomic E-state index is 6.15. The van der Waals surface area contributed by atoms with Crippen LogP contribution in [0.3, 0.4) is 0 Å². The van der Waals surface area contributed by atoms with Crippen molar-refractivity contribution in [2.75, 3.05) is 25.2 Å². The number of anilines is 1. The Morgan fingerprint density at radius 1 is 1.25 bits per heavy atom. The summed E-state index contributed by atoms with van der Waals surface area (Å²) in [7, 11) is 1.74. The number of rotatable bonds is 8. The summed E-state index contributed by atoms with van der Waals surface area (Å²) in [6, 6.07) is 6.99. The van der Waals surface area contributed by atoms with E-state index in [0.29, 0.717) is 12.1 Å². The van der Waals surface area contributed by atoms with E-state index in [1.54, 1.807) is 7.11 Å². The minimum Gasteiger partial charge on any atom is -0.383 e. The van der Waals surface area contributed by atoms with Crippen LogP contribution in [0.2, 0.25) is 5.02 Å². The Bertz CT molecular complexity index is 407. The van der Waals surface area contributed by atoms with Gasteiger partial charge in [0.15, 0.2) is 0 Å². The summed E-state index contributed by atoms with van der Waals surface area (Å²) in [5, 5.41) is 4.24. The smallest absolute Gasteiger partial charge is 0.0637 e. The van der Waals surface area contributed by atoms with E-state index in [0.717, 1.165) is 24.7 Å². The normalized spacial score (nSPS) is 11.4. The van der Waals surface area contributed by atoms with Gasteiger partial charge in [-0.2, -0.15) is 0 Å². The van der Waals surface area contributed by atoms with Crippen LogP contribution in [0.25, 0.3) is 0 Å². The van der Waals surface area contributed by atoms with Crippen LogP contribution in [0.1, 0.15) is 33.3 Å². The second kappa shape index (κ2) is 8.50. The molecule has 0 aliphatic rings. The Morgan fingerprint density at radius 3 is 2.50 bits per heavy atom. The van der Waals surface area contributed by atoms with Crippen LogP contribution in [-0.2, 0) is 11.3 Å². The monoisotopic (exact) mass is 298 g/mol. The molecule has 1 aromatic rings. The van der Waals surface area contributed by atoms with Crippen molar-refractivity contribution < 1.29 is 4.74 Å². The van der Waals surface area contributed by atoms with Crippen molar-refractivity contribution in [1.82, 2.24) is 5.32 Å². The Kier molecular flexibility index (Phi) is 7.35. The molecule has 20 heavy (non-hydrogen) atoms. The van der Waals surface area contributed by atoms with Crippen molar-refractivity contribution in [3.63, 3.8) is 0 Å². The van der Waals surface area contributed by atoms with E-state index in [2.05, 4.69) is 50.0 Å². The van der Waals surface area contributed by atoms with Crippen LogP contribution in [0.4, 0.5) is 5.69 Å². The number of hydrogen-bond donors (Lipinski definition) is 1. The SMILES string of the molecule is COCCN(c1ccc(Cl)cc1CNC(C)C)C(C)C. The molecule has 0 saturated heterocycles. The molecule has 1 aromatic carbocycles. The Morgan fingerprint density at radius 2 is 1.95 bits per heavy atom. The van der Waals surface area contributed by atoms with Crippen molar-refractivity contribution in [3.8, 4) is 0 Å². The van der Waals surface area contributed by atoms with E-state index in [1.165, 1.54) is 11.3 Å². The van der Waals surface area contributed by atoms with Crippen LogP contribution >= 0.6 is 11.6 Å². The first-order valence-corrected chi connectivity index (χ1v) is 7.61. The van der Waals surface area contributed by atoms with Crippen molar-refractivity contribution in [2.45, 2.75) is 46.3 Å². The van der Waals surface area contributed by atoms with Gasteiger partial charge < -0.3 is 15.0 Å². The second-order valence-corrected chi connectivity index (χ2v) is 6.03. The minimum atomic E-state index is 0.420. The zero-order chi connectivity index (χ0) is 15.1. The van der Waals surface area contributed by atoms with Gasteiger partial charge in [-0.25, -0.2) is 0 Å². The molecule has 0 aromatic heterocycles. The molecule has 0 radical (unpaired) electrons. The molecule has 114 valence electrons. The third-order valence-corrected chi connectivity index (χ3v) is 3.45. The molecule has 0 spiro atoms. The van der Waals surface area contributed by atoms with E-state index in [-0.39, 0.29) is 0 Å². The van der Waals surface area contributed by atoms with Crippen molar-refractivity contribution >= 4 is 17.3 Å². The predicted molar refractivity (Wildman–Crippen MR) is 87.8 cm³/mol. The predicted octanol–water partition coefficient (Wildman–Crippen LogP) is 3.70. The van der Waals surface area contributed by atoms with Crippen molar-refractivity contribution in [2.24, 2.45) is 0 Å². The molecule has 0 atom stereocenters. The number of nitrogens with one attached hydrogen (secondary N) is 1. The molecule has 4 heteroatoms. The molecular formula is C16H27ClN2O. The molecule has 3 nitrogen and oxygen atoms in total. The highest BCUT2D eigenvalue weighted by Gasteiger charge is 2.14. The molecule has 0 aliphatic carbocycles.